The molecule has 1 saturated carbocycles. The Morgan fingerprint density at radius 1 is 1.16 bits per heavy atom. The number of nitrogens with zero attached hydrogens (tertiary/aromatic N) is 3. The normalized spacial score (nSPS) is 20.6. The number of fused-ring (bicyclic) bond motifs is 1. The number of hydrogen-bond donors (Lipinski definition) is 1. The third kappa shape index (κ3) is 3.87. The highest BCUT2D eigenvalue weighted by molar-refractivity contribution is 5.33. The van der Waals surface area contributed by atoms with Crippen molar-refractivity contribution in [1.82, 2.24) is 20.1 Å². The summed E-state index contributed by atoms with van der Waals surface area (Å²) in [5.41, 5.74) is 1.27. The van der Waals surface area contributed by atoms with Crippen LogP contribution in [0.4, 0.5) is 0 Å². The van der Waals surface area contributed by atoms with Crippen molar-refractivity contribution in [3.63, 3.8) is 0 Å². The van der Waals surface area contributed by atoms with E-state index in [9.17, 15) is 0 Å². The topological polar surface area (TPSA) is 52.0 Å². The Morgan fingerprint density at radius 2 is 2.00 bits per heavy atom. The van der Waals surface area contributed by atoms with Crippen LogP contribution in [-0.4, -0.2) is 27.4 Å². The van der Waals surface area contributed by atoms with Crippen LogP contribution in [0.15, 0.2) is 24.3 Å². The van der Waals surface area contributed by atoms with Gasteiger partial charge in [0.25, 0.3) is 0 Å². The molecule has 2 aromatic rings. The number of hydrogen-bond acceptors (Lipinski definition) is 4. The molecular weight excluding hydrogens is 312 g/mol. The molecule has 1 atom stereocenters. The molecule has 1 aliphatic heterocycles. The first-order valence-corrected chi connectivity index (χ1v) is 9.63. The van der Waals surface area contributed by atoms with Crippen molar-refractivity contribution in [1.29, 1.82) is 0 Å². The van der Waals surface area contributed by atoms with Gasteiger partial charge in [0.05, 0.1) is 6.10 Å². The zero-order valence-corrected chi connectivity index (χ0v) is 15.1. The first-order valence-electron chi connectivity index (χ1n) is 9.63. The average Bonchev–Trinajstić information content (AvgIpc) is 3.27. The van der Waals surface area contributed by atoms with Crippen LogP contribution < -0.4 is 10.1 Å². The lowest BCUT2D eigenvalue weighted by molar-refractivity contribution is 0.207. The minimum absolute atomic E-state index is 0.412. The molecule has 134 valence electrons. The van der Waals surface area contributed by atoms with Crippen molar-refractivity contribution in [3.8, 4) is 5.75 Å². The fraction of sp³-hybridized carbons (Fsp3) is 0.600. The fourth-order valence-electron chi connectivity index (χ4n) is 4.06. The van der Waals surface area contributed by atoms with Crippen LogP contribution in [0.3, 0.4) is 0 Å². The van der Waals surface area contributed by atoms with Crippen molar-refractivity contribution in [3.05, 3.63) is 41.5 Å². The Morgan fingerprint density at radius 3 is 2.88 bits per heavy atom. The third-order valence-corrected chi connectivity index (χ3v) is 5.55. The van der Waals surface area contributed by atoms with Gasteiger partial charge >= 0.3 is 0 Å². The summed E-state index contributed by atoms with van der Waals surface area (Å²) in [6.07, 6.45) is 7.64. The van der Waals surface area contributed by atoms with E-state index in [-0.39, 0.29) is 0 Å². The van der Waals surface area contributed by atoms with Crippen LogP contribution in [0.1, 0.15) is 49.3 Å². The summed E-state index contributed by atoms with van der Waals surface area (Å²) in [5.74, 6) is 3.88. The summed E-state index contributed by atoms with van der Waals surface area (Å²) in [7, 11) is 0. The Bertz CT molecular complexity index is 705. The van der Waals surface area contributed by atoms with Gasteiger partial charge in [-0.1, -0.05) is 18.2 Å². The third-order valence-electron chi connectivity index (χ3n) is 5.55. The summed E-state index contributed by atoms with van der Waals surface area (Å²) in [6, 6.07) is 8.47. The van der Waals surface area contributed by atoms with E-state index in [1.807, 2.05) is 6.92 Å². The summed E-state index contributed by atoms with van der Waals surface area (Å²) < 4.78 is 8.51. The largest absolute Gasteiger partial charge is 0.490 e. The van der Waals surface area contributed by atoms with Crippen molar-refractivity contribution >= 4 is 0 Å². The number of aromatic nitrogens is 3. The molecule has 0 saturated heterocycles. The Kier molecular flexibility index (Phi) is 5.02. The maximum Gasteiger partial charge on any atom is 0.133 e. The van der Waals surface area contributed by atoms with Crippen LogP contribution in [0, 0.1) is 12.8 Å². The maximum atomic E-state index is 6.24. The van der Waals surface area contributed by atoms with Crippen LogP contribution in [0.25, 0.3) is 0 Å². The van der Waals surface area contributed by atoms with Crippen LogP contribution >= 0.6 is 0 Å². The standard InChI is InChI=1S/C20H28N4O/c1-15-22-23-20-11-10-16(14-24(15)20)12-21-13-17-6-2-5-9-19(17)25-18-7-3-4-8-18/h2,5-6,9,16,18,21H,3-4,7-8,10-14H2,1H3/t16-/m1/s1. The SMILES string of the molecule is Cc1nnc2n1C[C@@H](CNCc1ccccc1OC1CCCC1)CC2. The van der Waals surface area contributed by atoms with Crippen molar-refractivity contribution in [2.24, 2.45) is 5.92 Å². The van der Waals surface area contributed by atoms with E-state index in [2.05, 4.69) is 44.3 Å². The average molecular weight is 340 g/mol. The molecule has 1 fully saturated rings. The van der Waals surface area contributed by atoms with E-state index in [1.54, 1.807) is 0 Å². The van der Waals surface area contributed by atoms with Crippen molar-refractivity contribution < 1.29 is 4.74 Å². The number of ether oxygens (including phenoxy) is 1. The number of nitrogens with one attached hydrogen (secondary N) is 1. The molecule has 4 rings (SSSR count). The molecule has 5 nitrogen and oxygen atoms in total. The maximum absolute atomic E-state index is 6.24. The van der Waals surface area contributed by atoms with Gasteiger partial charge in [0.15, 0.2) is 0 Å². The van der Waals surface area contributed by atoms with Gasteiger partial charge in [-0.05, 0) is 57.6 Å². The van der Waals surface area contributed by atoms with E-state index in [1.165, 1.54) is 37.7 Å². The lowest BCUT2D eigenvalue weighted by Crippen LogP contribution is -2.30. The van der Waals surface area contributed by atoms with E-state index >= 15 is 0 Å². The molecule has 0 amide bonds. The summed E-state index contributed by atoms with van der Waals surface area (Å²) in [5, 5.41) is 12.1. The monoisotopic (exact) mass is 340 g/mol. The molecular formula is C20H28N4O. The smallest absolute Gasteiger partial charge is 0.133 e. The van der Waals surface area contributed by atoms with Gasteiger partial charge in [0.1, 0.15) is 17.4 Å². The first-order chi connectivity index (χ1) is 12.3. The van der Waals surface area contributed by atoms with E-state index < -0.39 is 0 Å². The van der Waals surface area contributed by atoms with Gasteiger partial charge in [0, 0.05) is 25.1 Å². The highest BCUT2D eigenvalue weighted by Gasteiger charge is 2.21. The van der Waals surface area contributed by atoms with Gasteiger partial charge in [0.2, 0.25) is 0 Å². The molecule has 2 aliphatic rings. The summed E-state index contributed by atoms with van der Waals surface area (Å²) in [6.45, 7) is 4.96. The molecule has 1 aromatic carbocycles. The second kappa shape index (κ2) is 7.56. The number of para-hydroxylation sites is 1. The Labute approximate surface area is 149 Å². The van der Waals surface area contributed by atoms with Gasteiger partial charge in [-0.3, -0.25) is 0 Å². The second-order valence-corrected chi connectivity index (χ2v) is 7.44. The van der Waals surface area contributed by atoms with Gasteiger partial charge < -0.3 is 14.6 Å². The van der Waals surface area contributed by atoms with E-state index in [0.717, 1.165) is 43.5 Å². The predicted octanol–water partition coefficient (Wildman–Crippen LogP) is 3.26. The molecule has 1 aliphatic carbocycles. The molecule has 1 N–H and O–H groups in total. The van der Waals surface area contributed by atoms with Crippen LogP contribution in [0.2, 0.25) is 0 Å². The quantitative estimate of drug-likeness (QED) is 0.877. The molecule has 0 spiro atoms. The fourth-order valence-corrected chi connectivity index (χ4v) is 4.06. The Hall–Kier alpha value is -1.88. The number of aryl methyl sites for hydroxylation is 2. The minimum atomic E-state index is 0.412. The molecule has 5 heteroatoms. The molecule has 25 heavy (non-hydrogen) atoms. The number of rotatable bonds is 6. The Balaban J connectivity index is 1.31. The lowest BCUT2D eigenvalue weighted by atomic mass is 9.99. The highest BCUT2D eigenvalue weighted by atomic mass is 16.5. The summed E-state index contributed by atoms with van der Waals surface area (Å²) in [4.78, 5) is 0. The van der Waals surface area contributed by atoms with Crippen LogP contribution in [0.5, 0.6) is 5.75 Å². The predicted molar refractivity (Wildman–Crippen MR) is 97.6 cm³/mol. The molecule has 1 aromatic heterocycles. The van der Waals surface area contributed by atoms with Crippen molar-refractivity contribution in [2.75, 3.05) is 6.54 Å². The van der Waals surface area contributed by atoms with Gasteiger partial charge in [-0.2, -0.15) is 0 Å². The first kappa shape index (κ1) is 16.6. The van der Waals surface area contributed by atoms with Crippen LogP contribution in [-0.2, 0) is 19.5 Å². The minimum Gasteiger partial charge on any atom is -0.490 e. The van der Waals surface area contributed by atoms with Gasteiger partial charge in [-0.15, -0.1) is 10.2 Å². The second-order valence-electron chi connectivity index (χ2n) is 7.44. The lowest BCUT2D eigenvalue weighted by Gasteiger charge is -2.24. The van der Waals surface area contributed by atoms with E-state index in [0.29, 0.717) is 12.0 Å². The summed E-state index contributed by atoms with van der Waals surface area (Å²) >= 11 is 0. The zero-order chi connectivity index (χ0) is 17.1. The number of benzene rings is 1. The molecule has 0 unspecified atom stereocenters. The molecule has 0 bridgehead atoms. The zero-order valence-electron chi connectivity index (χ0n) is 15.1. The highest BCUT2D eigenvalue weighted by Crippen LogP contribution is 2.26. The van der Waals surface area contributed by atoms with Crippen molar-refractivity contribution in [2.45, 2.75) is 64.6 Å². The molecule has 2 heterocycles. The molecule has 0 radical (unpaired) electrons. The van der Waals surface area contributed by atoms with Gasteiger partial charge in [-0.25, -0.2) is 0 Å². The van der Waals surface area contributed by atoms with E-state index in [4.69, 9.17) is 4.74 Å².